The van der Waals surface area contributed by atoms with E-state index in [-0.39, 0.29) is 11.0 Å². The molecule has 3 aromatic rings. The van der Waals surface area contributed by atoms with Crippen molar-refractivity contribution in [3.05, 3.63) is 48.2 Å². The number of rotatable bonds is 5. The van der Waals surface area contributed by atoms with Gasteiger partial charge in [-0.25, -0.2) is 4.98 Å². The third kappa shape index (κ3) is 4.44. The number of ether oxygens (including phenoxy) is 1. The monoisotopic (exact) mass is 365 g/mol. The quantitative estimate of drug-likeness (QED) is 0.607. The summed E-state index contributed by atoms with van der Waals surface area (Å²) >= 11 is 0. The van der Waals surface area contributed by atoms with E-state index in [1.807, 2.05) is 12.1 Å². The standard InChI is InChI=1S/C23H31N3O/c1-16-8-13-19-24-20(17-9-11-18(27-7)12-10-17)21(26(19)14-16)25-23(5,6)15-22(2,3)4/h8-14,25H,15H2,1-7H3. The van der Waals surface area contributed by atoms with Crippen LogP contribution in [0.3, 0.4) is 0 Å². The molecule has 2 heterocycles. The van der Waals surface area contributed by atoms with Gasteiger partial charge in [-0.1, -0.05) is 26.8 Å². The van der Waals surface area contributed by atoms with Crippen molar-refractivity contribution in [2.75, 3.05) is 12.4 Å². The van der Waals surface area contributed by atoms with E-state index >= 15 is 0 Å². The Hall–Kier alpha value is -2.49. The molecule has 27 heavy (non-hydrogen) atoms. The largest absolute Gasteiger partial charge is 0.497 e. The van der Waals surface area contributed by atoms with Crippen molar-refractivity contribution in [3.8, 4) is 17.0 Å². The number of benzene rings is 1. The lowest BCUT2D eigenvalue weighted by Crippen LogP contribution is -2.36. The number of imidazole rings is 1. The first kappa shape index (κ1) is 19.3. The molecule has 0 atom stereocenters. The van der Waals surface area contributed by atoms with Gasteiger partial charge in [-0.15, -0.1) is 0 Å². The van der Waals surface area contributed by atoms with Crippen LogP contribution in [0.4, 0.5) is 5.82 Å². The predicted molar refractivity (Wildman–Crippen MR) is 114 cm³/mol. The average Bonchev–Trinajstić information content (AvgIpc) is 2.90. The summed E-state index contributed by atoms with van der Waals surface area (Å²) in [5.41, 5.74) is 4.35. The summed E-state index contributed by atoms with van der Waals surface area (Å²) in [6, 6.07) is 12.3. The Bertz CT molecular complexity index is 931. The second-order valence-electron chi connectivity index (χ2n) is 9.22. The third-order valence-electron chi connectivity index (χ3n) is 4.56. The predicted octanol–water partition coefficient (Wildman–Crippen LogP) is 5.95. The third-order valence-corrected chi connectivity index (χ3v) is 4.56. The van der Waals surface area contributed by atoms with E-state index in [1.54, 1.807) is 7.11 Å². The van der Waals surface area contributed by atoms with Gasteiger partial charge >= 0.3 is 0 Å². The molecule has 4 nitrogen and oxygen atoms in total. The molecule has 144 valence electrons. The molecule has 0 spiro atoms. The number of hydrogen-bond acceptors (Lipinski definition) is 3. The summed E-state index contributed by atoms with van der Waals surface area (Å²) in [5.74, 6) is 1.88. The summed E-state index contributed by atoms with van der Waals surface area (Å²) in [6.45, 7) is 13.4. The fraction of sp³-hybridized carbons (Fsp3) is 0.435. The molecule has 0 aliphatic heterocycles. The van der Waals surface area contributed by atoms with Gasteiger partial charge < -0.3 is 10.1 Å². The van der Waals surface area contributed by atoms with E-state index in [9.17, 15) is 0 Å². The lowest BCUT2D eigenvalue weighted by atomic mass is 9.82. The summed E-state index contributed by atoms with van der Waals surface area (Å²) in [4.78, 5) is 4.92. The van der Waals surface area contributed by atoms with Crippen LogP contribution in [0.2, 0.25) is 0 Å². The van der Waals surface area contributed by atoms with Crippen LogP contribution in [0.25, 0.3) is 16.9 Å². The van der Waals surface area contributed by atoms with Crippen LogP contribution in [0.15, 0.2) is 42.6 Å². The number of methoxy groups -OCH3 is 1. The molecular weight excluding hydrogens is 334 g/mol. The molecule has 4 heteroatoms. The van der Waals surface area contributed by atoms with E-state index in [2.05, 4.69) is 81.7 Å². The van der Waals surface area contributed by atoms with E-state index in [0.717, 1.165) is 34.9 Å². The van der Waals surface area contributed by atoms with Gasteiger partial charge in [0.25, 0.3) is 0 Å². The Labute approximate surface area is 162 Å². The number of anilines is 1. The SMILES string of the molecule is COc1ccc(-c2nc3ccc(C)cn3c2NC(C)(C)CC(C)(C)C)cc1. The van der Waals surface area contributed by atoms with Crippen molar-refractivity contribution in [3.63, 3.8) is 0 Å². The van der Waals surface area contributed by atoms with Crippen LogP contribution < -0.4 is 10.1 Å². The minimum absolute atomic E-state index is 0.0703. The van der Waals surface area contributed by atoms with Crippen LogP contribution in [-0.4, -0.2) is 22.0 Å². The first-order valence-electron chi connectivity index (χ1n) is 9.49. The van der Waals surface area contributed by atoms with Crippen molar-refractivity contribution < 1.29 is 4.74 Å². The number of nitrogens with one attached hydrogen (secondary N) is 1. The number of fused-ring (bicyclic) bond motifs is 1. The lowest BCUT2D eigenvalue weighted by Gasteiger charge is -2.34. The van der Waals surface area contributed by atoms with Crippen LogP contribution >= 0.6 is 0 Å². The first-order chi connectivity index (χ1) is 12.6. The number of aryl methyl sites for hydroxylation is 1. The zero-order chi connectivity index (χ0) is 19.8. The Morgan fingerprint density at radius 3 is 2.26 bits per heavy atom. The van der Waals surface area contributed by atoms with Gasteiger partial charge in [0.05, 0.1) is 7.11 Å². The molecule has 0 fully saturated rings. The van der Waals surface area contributed by atoms with Crippen molar-refractivity contribution in [1.29, 1.82) is 0 Å². The Morgan fingerprint density at radius 2 is 1.67 bits per heavy atom. The molecule has 1 aromatic carbocycles. The Morgan fingerprint density at radius 1 is 1.00 bits per heavy atom. The molecule has 0 amide bonds. The molecule has 0 unspecified atom stereocenters. The highest BCUT2D eigenvalue weighted by molar-refractivity contribution is 5.77. The Balaban J connectivity index is 2.11. The topological polar surface area (TPSA) is 38.6 Å². The summed E-state index contributed by atoms with van der Waals surface area (Å²) in [7, 11) is 1.69. The van der Waals surface area contributed by atoms with Crippen LogP contribution in [0.1, 0.15) is 46.6 Å². The maximum Gasteiger partial charge on any atom is 0.139 e. The van der Waals surface area contributed by atoms with Gasteiger partial charge in [0.2, 0.25) is 0 Å². The Kier molecular flexibility index (Phi) is 4.94. The van der Waals surface area contributed by atoms with Gasteiger partial charge in [-0.05, 0) is 68.5 Å². The molecule has 1 N–H and O–H groups in total. The molecule has 0 saturated carbocycles. The smallest absolute Gasteiger partial charge is 0.139 e. The normalized spacial score (nSPS) is 12.4. The lowest BCUT2D eigenvalue weighted by molar-refractivity contribution is 0.302. The van der Waals surface area contributed by atoms with Gasteiger partial charge in [-0.3, -0.25) is 4.40 Å². The number of pyridine rings is 1. The van der Waals surface area contributed by atoms with Gasteiger partial charge in [0.15, 0.2) is 0 Å². The van der Waals surface area contributed by atoms with E-state index in [1.165, 1.54) is 5.56 Å². The highest BCUT2D eigenvalue weighted by Gasteiger charge is 2.28. The molecule has 0 aliphatic rings. The van der Waals surface area contributed by atoms with E-state index in [0.29, 0.717) is 0 Å². The second-order valence-corrected chi connectivity index (χ2v) is 9.22. The number of hydrogen-bond donors (Lipinski definition) is 1. The maximum atomic E-state index is 5.30. The number of nitrogens with zero attached hydrogens (tertiary/aromatic N) is 2. The molecule has 3 rings (SSSR count). The molecule has 0 radical (unpaired) electrons. The van der Waals surface area contributed by atoms with Crippen LogP contribution in [0, 0.1) is 12.3 Å². The minimum atomic E-state index is -0.0703. The summed E-state index contributed by atoms with van der Waals surface area (Å²) in [6.07, 6.45) is 3.19. The first-order valence-corrected chi connectivity index (χ1v) is 9.49. The van der Waals surface area contributed by atoms with Crippen LogP contribution in [0.5, 0.6) is 5.75 Å². The van der Waals surface area contributed by atoms with Crippen molar-refractivity contribution in [2.24, 2.45) is 5.41 Å². The average molecular weight is 366 g/mol. The zero-order valence-corrected chi connectivity index (χ0v) is 17.6. The van der Waals surface area contributed by atoms with Crippen LogP contribution in [-0.2, 0) is 0 Å². The van der Waals surface area contributed by atoms with Gasteiger partial charge in [0.1, 0.15) is 22.9 Å². The van der Waals surface area contributed by atoms with Crippen molar-refractivity contribution >= 4 is 11.5 Å². The maximum absolute atomic E-state index is 5.30. The highest BCUT2D eigenvalue weighted by atomic mass is 16.5. The fourth-order valence-corrected chi connectivity index (χ4v) is 3.91. The molecule has 0 aliphatic carbocycles. The zero-order valence-electron chi connectivity index (χ0n) is 17.6. The van der Waals surface area contributed by atoms with E-state index < -0.39 is 0 Å². The highest BCUT2D eigenvalue weighted by Crippen LogP contribution is 2.35. The van der Waals surface area contributed by atoms with Gasteiger partial charge in [-0.2, -0.15) is 0 Å². The minimum Gasteiger partial charge on any atom is -0.497 e. The summed E-state index contributed by atoms with van der Waals surface area (Å²) in [5, 5.41) is 3.79. The molecule has 0 bridgehead atoms. The molecule has 0 saturated heterocycles. The van der Waals surface area contributed by atoms with Gasteiger partial charge in [0, 0.05) is 17.3 Å². The van der Waals surface area contributed by atoms with Crippen molar-refractivity contribution in [1.82, 2.24) is 9.38 Å². The molecular formula is C23H31N3O. The summed E-state index contributed by atoms with van der Waals surface area (Å²) < 4.78 is 7.47. The number of aromatic nitrogens is 2. The van der Waals surface area contributed by atoms with E-state index in [4.69, 9.17) is 9.72 Å². The second kappa shape index (κ2) is 6.91. The fourth-order valence-electron chi connectivity index (χ4n) is 3.91. The van der Waals surface area contributed by atoms with Crippen molar-refractivity contribution in [2.45, 2.75) is 53.5 Å². The molecule has 2 aromatic heterocycles.